The third-order valence-electron chi connectivity index (χ3n) is 11.3. The van der Waals surface area contributed by atoms with E-state index in [4.69, 9.17) is 0 Å². The van der Waals surface area contributed by atoms with Gasteiger partial charge in [0.1, 0.15) is 0 Å². The Morgan fingerprint density at radius 2 is 1.00 bits per heavy atom. The molecule has 3 aliphatic carbocycles. The minimum Gasteiger partial charge on any atom is -0.309 e. The van der Waals surface area contributed by atoms with Gasteiger partial charge in [-0.25, -0.2) is 0 Å². The number of nitrogens with zero attached hydrogens (tertiary/aromatic N) is 1. The molecule has 0 saturated carbocycles. The molecule has 7 aromatic rings. The first-order valence-corrected chi connectivity index (χ1v) is 21.0. The first-order chi connectivity index (χ1) is 24.0. The third kappa shape index (κ3) is 3.81. The standard InChI is InChI=1S/C47H37NSi/c1-49(2,3)33-28-29-42-41(30-33)47-39-25-12-10-20-36(39)44(37-21-11-13-26-40(37)47)38-24-15-27-43(45(38)47)48(42)46-34(31-16-6-4-7-17-31)22-14-23-35(46)32-18-8-5-9-19-32/h4-30,44H,1-3H3. The molecule has 1 heterocycles. The van der Waals surface area contributed by atoms with Crippen LogP contribution in [-0.2, 0) is 5.41 Å². The largest absolute Gasteiger partial charge is 0.309 e. The van der Waals surface area contributed by atoms with Crippen molar-refractivity contribution in [2.75, 3.05) is 4.90 Å². The molecule has 11 rings (SSSR count). The molecule has 0 unspecified atom stereocenters. The van der Waals surface area contributed by atoms with Crippen molar-refractivity contribution >= 4 is 30.3 Å². The predicted molar refractivity (Wildman–Crippen MR) is 208 cm³/mol. The highest BCUT2D eigenvalue weighted by molar-refractivity contribution is 6.88. The van der Waals surface area contributed by atoms with Gasteiger partial charge in [0.15, 0.2) is 0 Å². The summed E-state index contributed by atoms with van der Waals surface area (Å²) in [5.41, 5.74) is 18.3. The van der Waals surface area contributed by atoms with Gasteiger partial charge in [-0.3, -0.25) is 0 Å². The second kappa shape index (κ2) is 10.3. The third-order valence-corrected chi connectivity index (χ3v) is 13.3. The molecule has 7 aromatic carbocycles. The minimum atomic E-state index is -1.69. The molecule has 49 heavy (non-hydrogen) atoms. The molecular formula is C47H37NSi. The number of para-hydroxylation sites is 1. The highest BCUT2D eigenvalue weighted by Crippen LogP contribution is 2.68. The molecule has 2 bridgehead atoms. The molecule has 234 valence electrons. The lowest BCUT2D eigenvalue weighted by molar-refractivity contribution is 0.623. The van der Waals surface area contributed by atoms with Crippen LogP contribution in [0.2, 0.25) is 19.6 Å². The van der Waals surface area contributed by atoms with Gasteiger partial charge in [0.25, 0.3) is 0 Å². The number of rotatable bonds is 4. The van der Waals surface area contributed by atoms with Gasteiger partial charge in [-0.1, -0.05) is 176 Å². The smallest absolute Gasteiger partial charge is 0.0776 e. The summed E-state index contributed by atoms with van der Waals surface area (Å²) < 4.78 is 0. The minimum absolute atomic E-state index is 0.200. The molecule has 0 N–H and O–H groups in total. The van der Waals surface area contributed by atoms with E-state index in [1.807, 2.05) is 0 Å². The van der Waals surface area contributed by atoms with E-state index < -0.39 is 13.5 Å². The Bertz CT molecular complexity index is 2330. The van der Waals surface area contributed by atoms with E-state index in [9.17, 15) is 0 Å². The zero-order chi connectivity index (χ0) is 32.9. The Hall–Kier alpha value is -5.44. The van der Waals surface area contributed by atoms with Gasteiger partial charge in [0, 0.05) is 17.0 Å². The fraction of sp³-hybridized carbons (Fsp3) is 0.106. The summed E-state index contributed by atoms with van der Waals surface area (Å²) >= 11 is 0. The summed E-state index contributed by atoms with van der Waals surface area (Å²) in [6.07, 6.45) is 0. The van der Waals surface area contributed by atoms with Crippen LogP contribution in [0.25, 0.3) is 22.3 Å². The normalized spacial score (nSPS) is 17.9. The van der Waals surface area contributed by atoms with Crippen molar-refractivity contribution in [3.8, 4) is 22.3 Å². The number of hydrogen-bond donors (Lipinski definition) is 0. The summed E-state index contributed by atoms with van der Waals surface area (Å²) in [4.78, 5) is 2.63. The van der Waals surface area contributed by atoms with Gasteiger partial charge in [0.2, 0.25) is 0 Å². The van der Waals surface area contributed by atoms with Crippen LogP contribution in [0.15, 0.2) is 164 Å². The summed E-state index contributed by atoms with van der Waals surface area (Å²) in [6, 6.07) is 61.9. The van der Waals surface area contributed by atoms with Crippen LogP contribution in [-0.4, -0.2) is 8.07 Å². The molecule has 2 heteroatoms. The second-order valence-electron chi connectivity index (χ2n) is 14.9. The van der Waals surface area contributed by atoms with Gasteiger partial charge in [-0.15, -0.1) is 0 Å². The van der Waals surface area contributed by atoms with Crippen LogP contribution in [0.5, 0.6) is 0 Å². The van der Waals surface area contributed by atoms with Crippen molar-refractivity contribution in [1.82, 2.24) is 0 Å². The predicted octanol–water partition coefficient (Wildman–Crippen LogP) is 11.5. The fourth-order valence-corrected chi connectivity index (χ4v) is 10.4. The number of hydrogen-bond acceptors (Lipinski definition) is 1. The molecule has 0 saturated heterocycles. The highest BCUT2D eigenvalue weighted by Gasteiger charge is 2.57. The number of anilines is 3. The summed E-state index contributed by atoms with van der Waals surface area (Å²) in [7, 11) is -1.69. The molecule has 1 spiro atoms. The molecule has 0 radical (unpaired) electrons. The van der Waals surface area contributed by atoms with E-state index in [0.29, 0.717) is 0 Å². The Morgan fingerprint density at radius 1 is 0.469 bits per heavy atom. The van der Waals surface area contributed by atoms with Crippen molar-refractivity contribution in [2.45, 2.75) is 31.0 Å². The van der Waals surface area contributed by atoms with E-state index in [1.165, 1.54) is 83.4 Å². The van der Waals surface area contributed by atoms with E-state index in [2.05, 4.69) is 188 Å². The van der Waals surface area contributed by atoms with E-state index in [1.54, 1.807) is 0 Å². The monoisotopic (exact) mass is 643 g/mol. The van der Waals surface area contributed by atoms with Crippen LogP contribution in [0, 0.1) is 0 Å². The van der Waals surface area contributed by atoms with Gasteiger partial charge < -0.3 is 4.90 Å². The first-order valence-electron chi connectivity index (χ1n) is 17.5. The lowest BCUT2D eigenvalue weighted by Crippen LogP contribution is -2.48. The van der Waals surface area contributed by atoms with Crippen molar-refractivity contribution in [3.05, 3.63) is 203 Å². The van der Waals surface area contributed by atoms with Gasteiger partial charge in [0.05, 0.1) is 30.6 Å². The summed E-state index contributed by atoms with van der Waals surface area (Å²) in [6.45, 7) is 7.43. The Labute approximate surface area is 290 Å². The van der Waals surface area contributed by atoms with Crippen LogP contribution in [0.1, 0.15) is 44.9 Å². The highest BCUT2D eigenvalue weighted by atomic mass is 28.3. The topological polar surface area (TPSA) is 3.24 Å². The average Bonchev–Trinajstić information content (AvgIpc) is 3.15. The van der Waals surface area contributed by atoms with Crippen LogP contribution in [0.3, 0.4) is 0 Å². The number of benzene rings is 7. The van der Waals surface area contributed by atoms with Crippen LogP contribution < -0.4 is 10.1 Å². The maximum atomic E-state index is 2.63. The van der Waals surface area contributed by atoms with Crippen molar-refractivity contribution in [3.63, 3.8) is 0 Å². The average molecular weight is 644 g/mol. The van der Waals surface area contributed by atoms with Gasteiger partial charge >= 0.3 is 0 Å². The molecule has 0 atom stereocenters. The zero-order valence-corrected chi connectivity index (χ0v) is 29.1. The maximum Gasteiger partial charge on any atom is 0.0776 e. The lowest BCUT2D eigenvalue weighted by atomic mass is 9.49. The first kappa shape index (κ1) is 28.6. The SMILES string of the molecule is C[Si](C)(C)c1ccc2c(c1)C13c4ccccc4C(c4ccccc41)c1cccc(c13)N2c1c(-c2ccccc2)cccc1-c1ccccc1. The van der Waals surface area contributed by atoms with E-state index >= 15 is 0 Å². The second-order valence-corrected chi connectivity index (χ2v) is 19.9. The summed E-state index contributed by atoms with van der Waals surface area (Å²) in [5.74, 6) is 0.200. The molecule has 0 amide bonds. The van der Waals surface area contributed by atoms with Crippen LogP contribution >= 0.6 is 0 Å². The Balaban J connectivity index is 1.40. The van der Waals surface area contributed by atoms with E-state index in [0.717, 1.165) is 0 Å². The van der Waals surface area contributed by atoms with Crippen molar-refractivity contribution in [1.29, 1.82) is 0 Å². The maximum absolute atomic E-state index is 2.63. The molecule has 0 fully saturated rings. The van der Waals surface area contributed by atoms with Gasteiger partial charge in [-0.05, 0) is 62.2 Å². The van der Waals surface area contributed by atoms with E-state index in [-0.39, 0.29) is 5.92 Å². The van der Waals surface area contributed by atoms with Crippen molar-refractivity contribution in [2.24, 2.45) is 0 Å². The fourth-order valence-electron chi connectivity index (χ4n) is 9.27. The quantitative estimate of drug-likeness (QED) is 0.173. The summed E-state index contributed by atoms with van der Waals surface area (Å²) in [5, 5.41) is 1.49. The van der Waals surface area contributed by atoms with Crippen LogP contribution in [0.4, 0.5) is 17.1 Å². The molecule has 1 nitrogen and oxygen atoms in total. The van der Waals surface area contributed by atoms with Crippen molar-refractivity contribution < 1.29 is 0 Å². The zero-order valence-electron chi connectivity index (χ0n) is 28.1. The number of fused-ring (bicyclic) bond motifs is 1. The molecule has 1 aliphatic heterocycles. The van der Waals surface area contributed by atoms with Gasteiger partial charge in [-0.2, -0.15) is 0 Å². The molecule has 4 aliphatic rings. The molecular weight excluding hydrogens is 607 g/mol. The molecule has 0 aromatic heterocycles. The lowest BCUT2D eigenvalue weighted by Gasteiger charge is -2.56. The Morgan fingerprint density at radius 3 is 1.59 bits per heavy atom. The Kier molecular flexibility index (Phi) is 5.99.